The van der Waals surface area contributed by atoms with Gasteiger partial charge in [0.25, 0.3) is 0 Å². The third kappa shape index (κ3) is 2.93. The number of rotatable bonds is 4. The van der Waals surface area contributed by atoms with Gasteiger partial charge < -0.3 is 9.73 Å². The Morgan fingerprint density at radius 3 is 2.67 bits per heavy atom. The van der Waals surface area contributed by atoms with Gasteiger partial charge in [-0.2, -0.15) is 5.26 Å². The van der Waals surface area contributed by atoms with Crippen molar-refractivity contribution in [1.82, 2.24) is 0 Å². The van der Waals surface area contributed by atoms with Crippen LogP contribution in [0.1, 0.15) is 24.0 Å². The van der Waals surface area contributed by atoms with Crippen molar-refractivity contribution in [3.05, 3.63) is 51.9 Å². The number of aryl methyl sites for hydroxylation is 1. The lowest BCUT2D eigenvalue weighted by atomic mass is 10.2. The number of nitrogens with one attached hydrogen (secondary N) is 1. The number of nitriles is 1. The van der Waals surface area contributed by atoms with Gasteiger partial charge in [-0.05, 0) is 46.3 Å². The van der Waals surface area contributed by atoms with Crippen molar-refractivity contribution in [3.8, 4) is 6.07 Å². The molecule has 0 aliphatic heterocycles. The highest BCUT2D eigenvalue weighted by Crippen LogP contribution is 2.24. The monoisotopic (exact) mass is 304 g/mol. The lowest BCUT2D eigenvalue weighted by Gasteiger charge is -2.07. The second-order valence-corrected chi connectivity index (χ2v) is 4.74. The predicted molar refractivity (Wildman–Crippen MR) is 74.3 cm³/mol. The second kappa shape index (κ2) is 5.74. The maximum atomic E-state index is 8.78. The molecule has 0 fully saturated rings. The van der Waals surface area contributed by atoms with Crippen molar-refractivity contribution in [2.45, 2.75) is 19.9 Å². The summed E-state index contributed by atoms with van der Waals surface area (Å²) in [6.45, 7) is 2.69. The van der Waals surface area contributed by atoms with Gasteiger partial charge in [0.2, 0.25) is 0 Å². The molecule has 0 saturated carbocycles. The van der Waals surface area contributed by atoms with E-state index in [0.717, 1.165) is 28.1 Å². The molecular formula is C14H13BrN2O. The highest BCUT2D eigenvalue weighted by molar-refractivity contribution is 9.10. The molecule has 92 valence electrons. The number of hydrogen-bond donors (Lipinski definition) is 1. The van der Waals surface area contributed by atoms with Crippen LogP contribution < -0.4 is 5.32 Å². The van der Waals surface area contributed by atoms with Crippen LogP contribution >= 0.6 is 15.9 Å². The van der Waals surface area contributed by atoms with E-state index in [9.17, 15) is 0 Å². The van der Waals surface area contributed by atoms with Crippen LogP contribution in [0.15, 0.2) is 39.2 Å². The van der Waals surface area contributed by atoms with E-state index in [2.05, 4.69) is 34.2 Å². The lowest BCUT2D eigenvalue weighted by Crippen LogP contribution is -1.99. The van der Waals surface area contributed by atoms with E-state index in [4.69, 9.17) is 9.68 Å². The van der Waals surface area contributed by atoms with E-state index in [-0.39, 0.29) is 0 Å². The van der Waals surface area contributed by atoms with Crippen LogP contribution in [0.5, 0.6) is 0 Å². The van der Waals surface area contributed by atoms with Gasteiger partial charge in [0.05, 0.1) is 18.2 Å². The summed E-state index contributed by atoms with van der Waals surface area (Å²) in [7, 11) is 0. The fraction of sp³-hybridized carbons (Fsp3) is 0.214. The predicted octanol–water partition coefficient (Wildman–Crippen LogP) is 4.09. The number of halogens is 1. The van der Waals surface area contributed by atoms with Crippen LogP contribution in [0.25, 0.3) is 0 Å². The minimum atomic E-state index is 0.629. The third-order valence-electron chi connectivity index (χ3n) is 2.62. The number of hydrogen-bond acceptors (Lipinski definition) is 3. The van der Waals surface area contributed by atoms with Gasteiger partial charge in [0.1, 0.15) is 11.5 Å². The first-order valence-electron chi connectivity index (χ1n) is 5.74. The van der Waals surface area contributed by atoms with E-state index in [1.54, 1.807) is 12.1 Å². The topological polar surface area (TPSA) is 49.0 Å². The van der Waals surface area contributed by atoms with Crippen LogP contribution in [-0.2, 0) is 13.0 Å². The first-order valence-corrected chi connectivity index (χ1v) is 6.53. The summed E-state index contributed by atoms with van der Waals surface area (Å²) in [4.78, 5) is 0. The lowest BCUT2D eigenvalue weighted by molar-refractivity contribution is 0.476. The molecule has 0 bridgehead atoms. The van der Waals surface area contributed by atoms with Crippen LogP contribution in [0.3, 0.4) is 0 Å². The fourth-order valence-electron chi connectivity index (χ4n) is 1.62. The number of anilines is 1. The summed E-state index contributed by atoms with van der Waals surface area (Å²) < 4.78 is 6.49. The zero-order chi connectivity index (χ0) is 13.0. The molecule has 0 unspecified atom stereocenters. The number of benzene rings is 1. The van der Waals surface area contributed by atoms with Gasteiger partial charge in [0, 0.05) is 16.6 Å². The van der Waals surface area contributed by atoms with Crippen LogP contribution in [-0.4, -0.2) is 0 Å². The SMILES string of the molecule is CCc1ccc(CNc2ccc(C#N)cc2Br)o1. The molecular weight excluding hydrogens is 292 g/mol. The van der Waals surface area contributed by atoms with E-state index >= 15 is 0 Å². The molecule has 0 spiro atoms. The van der Waals surface area contributed by atoms with Crippen LogP contribution in [0.2, 0.25) is 0 Å². The quantitative estimate of drug-likeness (QED) is 0.925. The summed E-state index contributed by atoms with van der Waals surface area (Å²) >= 11 is 3.44. The summed E-state index contributed by atoms with van der Waals surface area (Å²) in [6, 6.07) is 11.5. The molecule has 2 aromatic rings. The molecule has 0 amide bonds. The zero-order valence-electron chi connectivity index (χ0n) is 10.0. The van der Waals surface area contributed by atoms with Gasteiger partial charge in [-0.15, -0.1) is 0 Å². The Bertz CT molecular complexity index is 584. The highest BCUT2D eigenvalue weighted by Gasteiger charge is 2.03. The average Bonchev–Trinajstić information content (AvgIpc) is 2.85. The molecule has 0 aliphatic rings. The van der Waals surface area contributed by atoms with Gasteiger partial charge in [-0.1, -0.05) is 6.92 Å². The Morgan fingerprint density at radius 2 is 2.06 bits per heavy atom. The molecule has 18 heavy (non-hydrogen) atoms. The van der Waals surface area contributed by atoms with Crippen molar-refractivity contribution in [1.29, 1.82) is 5.26 Å². The molecule has 0 radical (unpaired) electrons. The smallest absolute Gasteiger partial charge is 0.123 e. The van der Waals surface area contributed by atoms with E-state index in [0.29, 0.717) is 12.1 Å². The third-order valence-corrected chi connectivity index (χ3v) is 3.27. The maximum Gasteiger partial charge on any atom is 0.123 e. The average molecular weight is 305 g/mol. The molecule has 1 aromatic heterocycles. The van der Waals surface area contributed by atoms with Crippen molar-refractivity contribution in [2.75, 3.05) is 5.32 Å². The molecule has 0 atom stereocenters. The molecule has 1 heterocycles. The Kier molecular flexibility index (Phi) is 4.06. The van der Waals surface area contributed by atoms with Gasteiger partial charge in [-0.25, -0.2) is 0 Å². The Morgan fingerprint density at radius 1 is 1.28 bits per heavy atom. The molecule has 1 N–H and O–H groups in total. The summed E-state index contributed by atoms with van der Waals surface area (Å²) in [6.07, 6.45) is 0.903. The maximum absolute atomic E-state index is 8.78. The largest absolute Gasteiger partial charge is 0.464 e. The normalized spacial score (nSPS) is 10.1. The van der Waals surface area contributed by atoms with Crippen molar-refractivity contribution in [3.63, 3.8) is 0 Å². The first kappa shape index (κ1) is 12.7. The molecule has 3 nitrogen and oxygen atoms in total. The number of furan rings is 1. The Balaban J connectivity index is 2.04. The Hall–Kier alpha value is -1.73. The summed E-state index contributed by atoms with van der Waals surface area (Å²) in [5.74, 6) is 1.90. The standard InChI is InChI=1S/C14H13BrN2O/c1-2-11-4-5-12(18-11)9-17-14-6-3-10(8-16)7-13(14)15/h3-7,17H,2,9H2,1H3. The van der Waals surface area contributed by atoms with E-state index < -0.39 is 0 Å². The minimum Gasteiger partial charge on any atom is -0.464 e. The fourth-order valence-corrected chi connectivity index (χ4v) is 2.14. The van der Waals surface area contributed by atoms with E-state index in [1.807, 2.05) is 18.2 Å². The molecule has 0 aliphatic carbocycles. The molecule has 0 saturated heterocycles. The Labute approximate surface area is 115 Å². The summed E-state index contributed by atoms with van der Waals surface area (Å²) in [5, 5.41) is 12.1. The van der Waals surface area contributed by atoms with Gasteiger partial charge in [0.15, 0.2) is 0 Å². The van der Waals surface area contributed by atoms with Crippen molar-refractivity contribution < 1.29 is 4.42 Å². The van der Waals surface area contributed by atoms with E-state index in [1.165, 1.54) is 0 Å². The van der Waals surface area contributed by atoms with Crippen molar-refractivity contribution in [2.24, 2.45) is 0 Å². The second-order valence-electron chi connectivity index (χ2n) is 3.88. The molecule has 4 heteroatoms. The molecule has 2 rings (SSSR count). The zero-order valence-corrected chi connectivity index (χ0v) is 11.6. The van der Waals surface area contributed by atoms with Gasteiger partial charge >= 0.3 is 0 Å². The number of nitrogens with zero attached hydrogens (tertiary/aromatic N) is 1. The van der Waals surface area contributed by atoms with Crippen molar-refractivity contribution >= 4 is 21.6 Å². The minimum absolute atomic E-state index is 0.629. The first-order chi connectivity index (χ1) is 8.72. The molecule has 1 aromatic carbocycles. The highest BCUT2D eigenvalue weighted by atomic mass is 79.9. The summed E-state index contributed by atoms with van der Waals surface area (Å²) in [5.41, 5.74) is 1.59. The van der Waals surface area contributed by atoms with Gasteiger partial charge in [-0.3, -0.25) is 0 Å². The van der Waals surface area contributed by atoms with Crippen LogP contribution in [0.4, 0.5) is 5.69 Å². The van der Waals surface area contributed by atoms with Crippen LogP contribution in [0, 0.1) is 11.3 Å².